The molecular formula is C21H14Cl2N6OS3. The Morgan fingerprint density at radius 2 is 1.94 bits per heavy atom. The number of hydrogen-bond acceptors (Lipinski definition) is 8. The summed E-state index contributed by atoms with van der Waals surface area (Å²) in [4.78, 5) is 18.4. The monoisotopic (exact) mass is 532 g/mol. The first-order valence-electron chi connectivity index (χ1n) is 9.64. The summed E-state index contributed by atoms with van der Waals surface area (Å²) < 4.78 is 2.44. The Bertz CT molecular complexity index is 1430. The van der Waals surface area contributed by atoms with Gasteiger partial charge < -0.3 is 5.32 Å². The van der Waals surface area contributed by atoms with Crippen LogP contribution in [0.3, 0.4) is 0 Å². The van der Waals surface area contributed by atoms with Gasteiger partial charge in [0, 0.05) is 33.1 Å². The van der Waals surface area contributed by atoms with E-state index in [0.717, 1.165) is 20.3 Å². The summed E-state index contributed by atoms with van der Waals surface area (Å²) in [6, 6.07) is 15.1. The van der Waals surface area contributed by atoms with E-state index in [1.165, 1.54) is 34.4 Å². The quantitative estimate of drug-likeness (QED) is 0.261. The fraction of sp³-hybridized carbons (Fsp3) is 0.0952. The van der Waals surface area contributed by atoms with Gasteiger partial charge in [0.25, 0.3) is 0 Å². The highest BCUT2D eigenvalue weighted by atomic mass is 35.5. The number of fused-ring (bicyclic) bond motifs is 1. The third-order valence-electron chi connectivity index (χ3n) is 4.50. The van der Waals surface area contributed by atoms with Crippen molar-refractivity contribution in [3.05, 3.63) is 75.2 Å². The van der Waals surface area contributed by atoms with Crippen LogP contribution in [0.5, 0.6) is 0 Å². The van der Waals surface area contributed by atoms with Crippen LogP contribution in [0.2, 0.25) is 10.0 Å². The van der Waals surface area contributed by atoms with Gasteiger partial charge in [-0.2, -0.15) is 4.52 Å². The van der Waals surface area contributed by atoms with Gasteiger partial charge in [0.15, 0.2) is 15.3 Å². The number of nitrogens with zero attached hydrogens (tertiary/aromatic N) is 5. The molecule has 0 aliphatic carbocycles. The molecule has 0 radical (unpaired) electrons. The maximum absolute atomic E-state index is 12.4. The van der Waals surface area contributed by atoms with Crippen LogP contribution < -0.4 is 5.32 Å². The third kappa shape index (κ3) is 5.20. The van der Waals surface area contributed by atoms with Crippen LogP contribution in [0.1, 0.15) is 10.4 Å². The van der Waals surface area contributed by atoms with Gasteiger partial charge in [0.2, 0.25) is 10.9 Å². The lowest BCUT2D eigenvalue weighted by molar-refractivity contribution is -0.113. The van der Waals surface area contributed by atoms with Crippen molar-refractivity contribution in [1.82, 2.24) is 24.8 Å². The number of thiazole rings is 1. The summed E-state index contributed by atoms with van der Waals surface area (Å²) in [5, 5.41) is 17.6. The van der Waals surface area contributed by atoms with Gasteiger partial charge in [-0.3, -0.25) is 4.79 Å². The molecule has 12 heteroatoms. The van der Waals surface area contributed by atoms with Gasteiger partial charge in [-0.05, 0) is 23.8 Å². The van der Waals surface area contributed by atoms with Gasteiger partial charge in [-0.1, -0.05) is 76.6 Å². The second kappa shape index (κ2) is 9.78. The minimum atomic E-state index is -0.157. The van der Waals surface area contributed by atoms with Gasteiger partial charge in [-0.15, -0.1) is 26.6 Å². The van der Waals surface area contributed by atoms with Crippen molar-refractivity contribution < 1.29 is 4.79 Å². The Labute approximate surface area is 210 Å². The number of carbonyl (C=O) groups excluding carboxylic acids is 1. The summed E-state index contributed by atoms with van der Waals surface area (Å²) in [6.07, 6.45) is 2.33. The Morgan fingerprint density at radius 1 is 1.09 bits per heavy atom. The predicted molar refractivity (Wildman–Crippen MR) is 135 cm³/mol. The zero-order chi connectivity index (χ0) is 22.8. The molecule has 5 rings (SSSR count). The molecule has 0 atom stereocenters. The van der Waals surface area contributed by atoms with E-state index < -0.39 is 0 Å². The van der Waals surface area contributed by atoms with Crippen molar-refractivity contribution in [3.8, 4) is 11.4 Å². The average Bonchev–Trinajstić information content (AvgIpc) is 3.51. The summed E-state index contributed by atoms with van der Waals surface area (Å²) in [6.45, 7) is 0. The topological polar surface area (TPSA) is 85.1 Å². The lowest BCUT2D eigenvalue weighted by Crippen LogP contribution is -2.13. The zero-order valence-corrected chi connectivity index (χ0v) is 20.7. The highest BCUT2D eigenvalue weighted by molar-refractivity contribution is 8.01. The van der Waals surface area contributed by atoms with Gasteiger partial charge >= 0.3 is 0 Å². The Hall–Kier alpha value is -2.50. The first-order valence-corrected chi connectivity index (χ1v) is 13.0. The Kier molecular flexibility index (Phi) is 6.61. The third-order valence-corrected chi connectivity index (χ3v) is 8.05. The van der Waals surface area contributed by atoms with E-state index in [1.54, 1.807) is 22.8 Å². The normalized spacial score (nSPS) is 11.2. The minimum Gasteiger partial charge on any atom is -0.301 e. The number of hydrogen-bond donors (Lipinski definition) is 1. The van der Waals surface area contributed by atoms with E-state index in [2.05, 4.69) is 25.6 Å². The van der Waals surface area contributed by atoms with Crippen LogP contribution >= 0.6 is 57.6 Å². The van der Waals surface area contributed by atoms with E-state index >= 15 is 0 Å². The van der Waals surface area contributed by atoms with Crippen molar-refractivity contribution in [2.75, 3.05) is 11.1 Å². The second-order valence-electron chi connectivity index (χ2n) is 6.83. The minimum absolute atomic E-state index is 0.157. The van der Waals surface area contributed by atoms with Crippen LogP contribution in [0.25, 0.3) is 16.3 Å². The molecule has 0 aliphatic rings. The fourth-order valence-electron chi connectivity index (χ4n) is 3.02. The maximum atomic E-state index is 12.4. The highest BCUT2D eigenvalue weighted by Crippen LogP contribution is 2.29. The summed E-state index contributed by atoms with van der Waals surface area (Å²) in [7, 11) is 0. The zero-order valence-electron chi connectivity index (χ0n) is 16.7. The van der Waals surface area contributed by atoms with Crippen molar-refractivity contribution in [2.24, 2.45) is 0 Å². The van der Waals surface area contributed by atoms with E-state index in [1.807, 2.05) is 36.4 Å². The molecule has 0 unspecified atom stereocenters. The van der Waals surface area contributed by atoms with E-state index in [-0.39, 0.29) is 11.7 Å². The number of halogens is 2. The van der Waals surface area contributed by atoms with Gasteiger partial charge in [0.05, 0.1) is 5.75 Å². The molecule has 33 heavy (non-hydrogen) atoms. The molecule has 5 aromatic rings. The molecule has 0 saturated heterocycles. The number of aromatic nitrogens is 5. The van der Waals surface area contributed by atoms with Crippen LogP contribution in [-0.4, -0.2) is 36.5 Å². The predicted octanol–water partition coefficient (Wildman–Crippen LogP) is 5.94. The molecule has 2 aromatic carbocycles. The largest absolute Gasteiger partial charge is 0.301 e. The first kappa shape index (κ1) is 22.3. The molecule has 0 saturated carbocycles. The Balaban J connectivity index is 1.20. The van der Waals surface area contributed by atoms with E-state index in [9.17, 15) is 4.79 Å². The molecule has 0 aliphatic heterocycles. The van der Waals surface area contributed by atoms with Gasteiger partial charge in [0.1, 0.15) is 0 Å². The molecule has 3 heterocycles. The molecule has 0 bridgehead atoms. The number of thioether (sulfide) groups is 1. The lowest BCUT2D eigenvalue weighted by Gasteiger charge is -2.02. The summed E-state index contributed by atoms with van der Waals surface area (Å²) in [5.74, 6) is 0.726. The summed E-state index contributed by atoms with van der Waals surface area (Å²) in [5.41, 5.74) is 1.85. The molecule has 1 amide bonds. The highest BCUT2D eigenvalue weighted by Gasteiger charge is 2.15. The van der Waals surface area contributed by atoms with Crippen LogP contribution in [0, 0.1) is 0 Å². The molecule has 1 N–H and O–H groups in total. The van der Waals surface area contributed by atoms with Gasteiger partial charge in [-0.25, -0.2) is 4.98 Å². The maximum Gasteiger partial charge on any atom is 0.236 e. The van der Waals surface area contributed by atoms with Crippen molar-refractivity contribution in [2.45, 2.75) is 10.8 Å². The smallest absolute Gasteiger partial charge is 0.236 e. The molecule has 0 fully saturated rings. The van der Waals surface area contributed by atoms with Crippen molar-refractivity contribution in [3.63, 3.8) is 0 Å². The van der Waals surface area contributed by atoms with E-state index in [4.69, 9.17) is 23.2 Å². The molecule has 7 nitrogen and oxygen atoms in total. The molecule has 166 valence electrons. The van der Waals surface area contributed by atoms with Crippen molar-refractivity contribution in [1.29, 1.82) is 0 Å². The number of nitrogens with one attached hydrogen (secondary N) is 1. The van der Waals surface area contributed by atoms with Crippen LogP contribution in [-0.2, 0) is 11.2 Å². The average molecular weight is 533 g/mol. The number of rotatable bonds is 7. The first-order chi connectivity index (χ1) is 16.0. The number of anilines is 1. The number of amides is 1. The fourth-order valence-corrected chi connectivity index (χ4v) is 5.93. The standard InChI is InChI=1S/C21H14Cl2N6OS3/c22-14-6-7-16(23)13(8-14)9-15-10-24-19(32-15)25-17(30)11-31-21-28-29-18(26-27-20(29)33-21)12-4-2-1-3-5-12/h1-8,10H,9,11H2,(H,24,25,30). The second-order valence-corrected chi connectivity index (χ2v) is 11.0. The van der Waals surface area contributed by atoms with Crippen molar-refractivity contribution >= 4 is 73.6 Å². The SMILES string of the molecule is O=C(CSc1nn2c(-c3ccccc3)nnc2s1)Nc1ncc(Cc2cc(Cl)ccc2Cl)s1. The van der Waals surface area contributed by atoms with Crippen LogP contribution in [0.4, 0.5) is 5.13 Å². The van der Waals surface area contributed by atoms with E-state index in [0.29, 0.717) is 32.4 Å². The summed E-state index contributed by atoms with van der Waals surface area (Å²) >= 11 is 16.4. The van der Waals surface area contributed by atoms with Crippen LogP contribution in [0.15, 0.2) is 59.1 Å². The Morgan fingerprint density at radius 3 is 2.79 bits per heavy atom. The molecule has 0 spiro atoms. The lowest BCUT2D eigenvalue weighted by atomic mass is 10.1. The molecule has 3 aromatic heterocycles. The number of carbonyl (C=O) groups is 1. The molecular weight excluding hydrogens is 519 g/mol. The number of benzene rings is 2.